The number of aliphatic carboxylic acids is 1. The van der Waals surface area contributed by atoms with Crippen molar-refractivity contribution in [2.24, 2.45) is 0 Å². The molecule has 0 aliphatic carbocycles. The molecule has 7 nitrogen and oxygen atoms in total. The molecule has 1 amide bonds. The van der Waals surface area contributed by atoms with Gasteiger partial charge in [-0.2, -0.15) is 0 Å². The number of para-hydroxylation sites is 1. The molecule has 0 unspecified atom stereocenters. The third-order valence-electron chi connectivity index (χ3n) is 4.58. The number of ether oxygens (including phenoxy) is 1. The summed E-state index contributed by atoms with van der Waals surface area (Å²) in [5.41, 5.74) is 2.62. The predicted molar refractivity (Wildman–Crippen MR) is 128 cm³/mol. The zero-order valence-corrected chi connectivity index (χ0v) is 18.9. The molecule has 162 valence electrons. The van der Waals surface area contributed by atoms with Gasteiger partial charge < -0.3 is 9.84 Å². The van der Waals surface area contributed by atoms with Gasteiger partial charge in [0.1, 0.15) is 10.8 Å². The maximum Gasteiger partial charge on any atom is 0.307 e. The molecule has 0 aliphatic heterocycles. The van der Waals surface area contributed by atoms with Gasteiger partial charge in [0.2, 0.25) is 5.91 Å². The van der Waals surface area contributed by atoms with Crippen LogP contribution in [0.15, 0.2) is 53.9 Å². The number of methoxy groups -OCH3 is 1. The Morgan fingerprint density at radius 3 is 2.53 bits per heavy atom. The van der Waals surface area contributed by atoms with Gasteiger partial charge in [-0.05, 0) is 42.5 Å². The number of benzene rings is 2. The van der Waals surface area contributed by atoms with Gasteiger partial charge in [-0.3, -0.25) is 14.5 Å². The summed E-state index contributed by atoms with van der Waals surface area (Å²) in [7, 11) is 1.58. The van der Waals surface area contributed by atoms with Gasteiger partial charge in [0, 0.05) is 17.9 Å². The second-order valence-electron chi connectivity index (χ2n) is 6.83. The monoisotopic (exact) mass is 465 g/mol. The molecule has 2 aromatic carbocycles. The van der Waals surface area contributed by atoms with Crippen LogP contribution in [-0.2, 0) is 9.59 Å². The number of amides is 1. The molecule has 1 N–H and O–H groups in total. The van der Waals surface area contributed by atoms with Gasteiger partial charge >= 0.3 is 5.97 Å². The second-order valence-corrected chi connectivity index (χ2v) is 8.70. The highest BCUT2D eigenvalue weighted by atomic mass is 32.1. The van der Waals surface area contributed by atoms with Crippen molar-refractivity contribution in [3.05, 3.63) is 64.6 Å². The van der Waals surface area contributed by atoms with Crippen LogP contribution in [0.5, 0.6) is 5.75 Å². The third kappa shape index (κ3) is 4.68. The summed E-state index contributed by atoms with van der Waals surface area (Å²) in [6, 6.07) is 14.8. The maximum atomic E-state index is 12.4. The number of thiazole rings is 2. The summed E-state index contributed by atoms with van der Waals surface area (Å²) in [4.78, 5) is 34.5. The van der Waals surface area contributed by atoms with Crippen LogP contribution < -0.4 is 9.64 Å². The van der Waals surface area contributed by atoms with E-state index >= 15 is 0 Å². The number of aromatic nitrogens is 2. The number of hydrogen-bond acceptors (Lipinski definition) is 7. The normalized spacial score (nSPS) is 11.5. The Labute approximate surface area is 192 Å². The first-order valence-corrected chi connectivity index (χ1v) is 11.3. The summed E-state index contributed by atoms with van der Waals surface area (Å²) >= 11 is 2.75. The van der Waals surface area contributed by atoms with Crippen molar-refractivity contribution in [3.8, 4) is 5.75 Å². The van der Waals surface area contributed by atoms with E-state index in [0.29, 0.717) is 32.8 Å². The molecular formula is C23H19N3O4S2. The average molecular weight is 466 g/mol. The molecular weight excluding hydrogens is 446 g/mol. The molecule has 0 aliphatic rings. The van der Waals surface area contributed by atoms with Crippen LogP contribution in [-0.4, -0.2) is 34.1 Å². The first-order chi connectivity index (χ1) is 15.4. The third-order valence-corrected chi connectivity index (χ3v) is 6.53. The molecule has 0 radical (unpaired) electrons. The highest BCUT2D eigenvalue weighted by Crippen LogP contribution is 2.33. The molecule has 0 spiro atoms. The fourth-order valence-corrected chi connectivity index (χ4v) is 4.97. The van der Waals surface area contributed by atoms with Crippen LogP contribution in [0.25, 0.3) is 21.9 Å². The predicted octanol–water partition coefficient (Wildman–Crippen LogP) is 5.46. The molecule has 0 fully saturated rings. The number of fused-ring (bicyclic) bond motifs is 1. The standard InChI is InChI=1S/C23H19N3O4S2/c1-14(27)26(17-7-9-18(30-2)10-8-17)23-24-16(13-31-23)11-15(12-21(28)29)22-25-19-5-3-4-6-20(19)32-22/h3-11,13H,12H2,1-2H3,(H,28,29)/b15-11-. The van der Waals surface area contributed by atoms with Gasteiger partial charge in [0.15, 0.2) is 5.13 Å². The first kappa shape index (κ1) is 21.7. The van der Waals surface area contributed by atoms with E-state index in [0.717, 1.165) is 10.2 Å². The molecule has 0 saturated carbocycles. The summed E-state index contributed by atoms with van der Waals surface area (Å²) in [5, 5.41) is 12.3. The lowest BCUT2D eigenvalue weighted by atomic mass is 10.1. The highest BCUT2D eigenvalue weighted by molar-refractivity contribution is 7.19. The topological polar surface area (TPSA) is 92.6 Å². The minimum absolute atomic E-state index is 0.179. The summed E-state index contributed by atoms with van der Waals surface area (Å²) in [6.45, 7) is 1.47. The van der Waals surface area contributed by atoms with Gasteiger partial charge in [0.05, 0.1) is 35.1 Å². The highest BCUT2D eigenvalue weighted by Gasteiger charge is 2.19. The molecule has 0 bridgehead atoms. The SMILES string of the molecule is COc1ccc(N(C(C)=O)c2nc(/C=C(/CC(=O)O)c3nc4ccccc4s3)cs2)cc1. The quantitative estimate of drug-likeness (QED) is 0.390. The number of hydrogen-bond donors (Lipinski definition) is 1. The van der Waals surface area contributed by atoms with Crippen molar-refractivity contribution in [2.45, 2.75) is 13.3 Å². The Hall–Kier alpha value is -3.56. The lowest BCUT2D eigenvalue weighted by Gasteiger charge is -2.18. The summed E-state index contributed by atoms with van der Waals surface area (Å²) in [6.07, 6.45) is 1.54. The van der Waals surface area contributed by atoms with E-state index < -0.39 is 5.97 Å². The van der Waals surface area contributed by atoms with Crippen molar-refractivity contribution in [1.82, 2.24) is 9.97 Å². The fraction of sp³-hybridized carbons (Fsp3) is 0.130. The lowest BCUT2D eigenvalue weighted by molar-refractivity contribution is -0.135. The van der Waals surface area contributed by atoms with Crippen molar-refractivity contribution < 1.29 is 19.4 Å². The summed E-state index contributed by atoms with van der Waals surface area (Å²) < 4.78 is 6.17. The van der Waals surface area contributed by atoms with Gasteiger partial charge in [0.25, 0.3) is 0 Å². The van der Waals surface area contributed by atoms with Gasteiger partial charge in [-0.15, -0.1) is 22.7 Å². The summed E-state index contributed by atoms with van der Waals surface area (Å²) in [5.74, 6) is -0.444. The Kier molecular flexibility index (Phi) is 6.29. The fourth-order valence-electron chi connectivity index (χ4n) is 3.14. The Balaban J connectivity index is 1.69. The van der Waals surface area contributed by atoms with Crippen LogP contribution in [0.2, 0.25) is 0 Å². The lowest BCUT2D eigenvalue weighted by Crippen LogP contribution is -2.22. The maximum absolute atomic E-state index is 12.4. The Morgan fingerprint density at radius 1 is 1.12 bits per heavy atom. The zero-order chi connectivity index (χ0) is 22.7. The first-order valence-electron chi connectivity index (χ1n) is 9.63. The number of carboxylic acid groups (broad SMARTS) is 1. The van der Waals surface area contributed by atoms with Crippen molar-refractivity contribution in [3.63, 3.8) is 0 Å². The zero-order valence-electron chi connectivity index (χ0n) is 17.3. The number of anilines is 2. The van der Waals surface area contributed by atoms with E-state index in [2.05, 4.69) is 9.97 Å². The number of carbonyl (C=O) groups excluding carboxylic acids is 1. The number of rotatable bonds is 7. The van der Waals surface area contributed by atoms with Crippen LogP contribution >= 0.6 is 22.7 Å². The molecule has 0 atom stereocenters. The second kappa shape index (κ2) is 9.29. The van der Waals surface area contributed by atoms with Crippen molar-refractivity contribution in [1.29, 1.82) is 0 Å². The van der Waals surface area contributed by atoms with E-state index in [1.165, 1.54) is 34.5 Å². The molecule has 9 heteroatoms. The molecule has 0 saturated heterocycles. The van der Waals surface area contributed by atoms with Crippen LogP contribution in [0.1, 0.15) is 24.0 Å². The van der Waals surface area contributed by atoms with Crippen molar-refractivity contribution in [2.75, 3.05) is 12.0 Å². The Bertz CT molecular complexity index is 1280. The molecule has 32 heavy (non-hydrogen) atoms. The van der Waals surface area contributed by atoms with Crippen molar-refractivity contribution >= 4 is 67.2 Å². The molecule has 2 aromatic heterocycles. The van der Waals surface area contributed by atoms with E-state index in [9.17, 15) is 14.7 Å². The van der Waals surface area contributed by atoms with E-state index in [-0.39, 0.29) is 12.3 Å². The largest absolute Gasteiger partial charge is 0.497 e. The van der Waals surface area contributed by atoms with Crippen LogP contribution in [0.4, 0.5) is 10.8 Å². The minimum Gasteiger partial charge on any atom is -0.497 e. The van der Waals surface area contributed by atoms with E-state index in [4.69, 9.17) is 4.74 Å². The number of carbonyl (C=O) groups is 2. The molecule has 4 aromatic rings. The smallest absolute Gasteiger partial charge is 0.307 e. The average Bonchev–Trinajstić information content (AvgIpc) is 3.40. The van der Waals surface area contributed by atoms with Gasteiger partial charge in [-0.25, -0.2) is 9.97 Å². The van der Waals surface area contributed by atoms with E-state index in [1.54, 1.807) is 42.8 Å². The van der Waals surface area contributed by atoms with Crippen LogP contribution in [0.3, 0.4) is 0 Å². The number of carboxylic acids is 1. The van der Waals surface area contributed by atoms with Crippen LogP contribution in [0, 0.1) is 0 Å². The Morgan fingerprint density at radius 2 is 1.88 bits per heavy atom. The molecule has 4 rings (SSSR count). The minimum atomic E-state index is -0.949. The number of nitrogens with zero attached hydrogens (tertiary/aromatic N) is 3. The van der Waals surface area contributed by atoms with E-state index in [1.807, 2.05) is 24.3 Å². The van der Waals surface area contributed by atoms with Gasteiger partial charge in [-0.1, -0.05) is 12.1 Å². The molecule has 2 heterocycles.